The van der Waals surface area contributed by atoms with Gasteiger partial charge < -0.3 is 9.67 Å². The summed E-state index contributed by atoms with van der Waals surface area (Å²) in [5.74, 6) is -9.59. The third-order valence-corrected chi connectivity index (χ3v) is 2.13. The lowest BCUT2D eigenvalue weighted by Crippen LogP contribution is -2.43. The molecule has 1 aromatic rings. The van der Waals surface area contributed by atoms with Gasteiger partial charge in [-0.2, -0.15) is 22.0 Å². The standard InChI is InChI=1S/C9H6F5NO3/c1-15-3-4(2-5(15)7(17)18)6(16)8(10,11)9(12,13)14/h2-3H,1H3,(H,17,18). The van der Waals surface area contributed by atoms with E-state index in [1.54, 1.807) is 0 Å². The molecule has 1 N–H and O–H groups in total. The van der Waals surface area contributed by atoms with Crippen LogP contribution in [0.4, 0.5) is 22.0 Å². The highest BCUT2D eigenvalue weighted by Crippen LogP contribution is 2.38. The highest BCUT2D eigenvalue weighted by atomic mass is 19.4. The molecule has 0 spiro atoms. The Hall–Kier alpha value is -1.93. The second-order valence-electron chi connectivity index (χ2n) is 3.43. The molecule has 0 unspecified atom stereocenters. The number of hydrogen-bond acceptors (Lipinski definition) is 2. The van der Waals surface area contributed by atoms with Crippen molar-refractivity contribution < 1.29 is 36.6 Å². The first-order chi connectivity index (χ1) is 7.98. The van der Waals surface area contributed by atoms with Crippen molar-refractivity contribution in [3.63, 3.8) is 0 Å². The van der Waals surface area contributed by atoms with Gasteiger partial charge in [0.1, 0.15) is 5.69 Å². The van der Waals surface area contributed by atoms with Crippen LogP contribution in [0, 0.1) is 0 Å². The van der Waals surface area contributed by atoms with E-state index in [0.717, 1.165) is 11.6 Å². The summed E-state index contributed by atoms with van der Waals surface area (Å²) in [6.07, 6.45) is -5.42. The topological polar surface area (TPSA) is 59.3 Å². The summed E-state index contributed by atoms with van der Waals surface area (Å²) in [7, 11) is 1.10. The number of ketones is 1. The third kappa shape index (κ3) is 2.20. The molecule has 4 nitrogen and oxygen atoms in total. The van der Waals surface area contributed by atoms with Gasteiger partial charge in [-0.15, -0.1) is 0 Å². The molecule has 100 valence electrons. The molecule has 0 bridgehead atoms. The number of nitrogens with zero attached hydrogens (tertiary/aromatic N) is 1. The Kier molecular flexibility index (Phi) is 3.20. The molecule has 9 heteroatoms. The van der Waals surface area contributed by atoms with E-state index in [1.165, 1.54) is 0 Å². The predicted octanol–water partition coefficient (Wildman–Crippen LogP) is 2.10. The zero-order valence-electron chi connectivity index (χ0n) is 8.76. The molecule has 0 fully saturated rings. The van der Waals surface area contributed by atoms with Crippen molar-refractivity contribution in [3.8, 4) is 0 Å². The van der Waals surface area contributed by atoms with Gasteiger partial charge >= 0.3 is 18.1 Å². The fraction of sp³-hybridized carbons (Fsp3) is 0.333. The maximum Gasteiger partial charge on any atom is 0.461 e. The lowest BCUT2D eigenvalue weighted by Gasteiger charge is -2.17. The second-order valence-corrected chi connectivity index (χ2v) is 3.43. The molecule has 1 aromatic heterocycles. The summed E-state index contributed by atoms with van der Waals surface area (Å²) in [6.45, 7) is 0. The van der Waals surface area contributed by atoms with Gasteiger partial charge in [-0.3, -0.25) is 4.79 Å². The van der Waals surface area contributed by atoms with Crippen molar-refractivity contribution in [1.29, 1.82) is 0 Å². The van der Waals surface area contributed by atoms with Gasteiger partial charge in [0.05, 0.1) is 0 Å². The average Bonchev–Trinajstić information content (AvgIpc) is 2.57. The van der Waals surface area contributed by atoms with Crippen molar-refractivity contribution in [2.24, 2.45) is 7.05 Å². The van der Waals surface area contributed by atoms with Crippen LogP contribution in [0.25, 0.3) is 0 Å². The van der Waals surface area contributed by atoms with Crippen LogP contribution >= 0.6 is 0 Å². The van der Waals surface area contributed by atoms with Crippen LogP contribution in [-0.2, 0) is 7.05 Å². The Bertz CT molecular complexity index is 503. The number of aromatic nitrogens is 1. The maximum absolute atomic E-state index is 12.7. The summed E-state index contributed by atoms with van der Waals surface area (Å²) in [4.78, 5) is 21.6. The monoisotopic (exact) mass is 271 g/mol. The predicted molar refractivity (Wildman–Crippen MR) is 47.7 cm³/mol. The number of aryl methyl sites for hydroxylation is 1. The molecule has 1 heterocycles. The molecule has 18 heavy (non-hydrogen) atoms. The van der Waals surface area contributed by atoms with Crippen LogP contribution in [-0.4, -0.2) is 33.5 Å². The van der Waals surface area contributed by atoms with E-state index in [4.69, 9.17) is 5.11 Å². The molecule has 0 aliphatic rings. The van der Waals surface area contributed by atoms with E-state index in [9.17, 15) is 31.5 Å². The van der Waals surface area contributed by atoms with Gasteiger partial charge in [0.25, 0.3) is 0 Å². The van der Waals surface area contributed by atoms with Crippen LogP contribution in [0.5, 0.6) is 0 Å². The Morgan fingerprint density at radius 1 is 1.22 bits per heavy atom. The number of carboxylic acids is 1. The van der Waals surface area contributed by atoms with Crippen molar-refractivity contribution in [2.45, 2.75) is 12.1 Å². The maximum atomic E-state index is 12.7. The summed E-state index contributed by atoms with van der Waals surface area (Å²) < 4.78 is 62.0. The number of Topliss-reactive ketones (excluding diaryl/α,β-unsaturated/α-hetero) is 1. The average molecular weight is 271 g/mol. The van der Waals surface area contributed by atoms with E-state index in [-0.39, 0.29) is 0 Å². The SMILES string of the molecule is Cn1cc(C(=O)C(F)(F)C(F)(F)F)cc1C(=O)O. The molecule has 0 saturated carbocycles. The molecule has 0 aliphatic heterocycles. The number of hydrogen-bond donors (Lipinski definition) is 1. The Morgan fingerprint density at radius 2 is 1.72 bits per heavy atom. The van der Waals surface area contributed by atoms with Crippen molar-refractivity contribution in [1.82, 2.24) is 4.57 Å². The van der Waals surface area contributed by atoms with Gasteiger partial charge in [0, 0.05) is 18.8 Å². The van der Waals surface area contributed by atoms with Gasteiger partial charge in [-0.1, -0.05) is 0 Å². The third-order valence-electron chi connectivity index (χ3n) is 2.13. The van der Waals surface area contributed by atoms with Crippen molar-refractivity contribution >= 4 is 11.8 Å². The summed E-state index contributed by atoms with van der Waals surface area (Å²) >= 11 is 0. The lowest BCUT2D eigenvalue weighted by atomic mass is 10.1. The largest absolute Gasteiger partial charge is 0.477 e. The van der Waals surface area contributed by atoms with Crippen LogP contribution < -0.4 is 0 Å². The van der Waals surface area contributed by atoms with Gasteiger partial charge in [-0.25, -0.2) is 4.79 Å². The van der Waals surface area contributed by atoms with Crippen LogP contribution in [0.2, 0.25) is 0 Å². The first kappa shape index (κ1) is 14.1. The number of aromatic carboxylic acids is 1. The molecule has 1 rings (SSSR count). The molecule has 0 aliphatic carbocycles. The highest BCUT2D eigenvalue weighted by molar-refractivity contribution is 6.03. The van der Waals surface area contributed by atoms with E-state index in [1.807, 2.05) is 0 Å². The van der Waals surface area contributed by atoms with Crippen molar-refractivity contribution in [3.05, 3.63) is 23.5 Å². The van der Waals surface area contributed by atoms with Gasteiger partial charge in [0.15, 0.2) is 0 Å². The summed E-state index contributed by atoms with van der Waals surface area (Å²) in [5.41, 5.74) is -1.59. The number of rotatable bonds is 3. The molecule has 0 aromatic carbocycles. The minimum absolute atomic E-state index is 0.463. The number of carbonyl (C=O) groups excluding carboxylic acids is 1. The number of carbonyl (C=O) groups is 2. The Balaban J connectivity index is 3.21. The molecule has 0 amide bonds. The fourth-order valence-electron chi connectivity index (χ4n) is 1.21. The van der Waals surface area contributed by atoms with Crippen molar-refractivity contribution in [2.75, 3.05) is 0 Å². The molecular formula is C9H6F5NO3. The van der Waals surface area contributed by atoms with E-state index >= 15 is 0 Å². The van der Waals surface area contributed by atoms with E-state index < -0.39 is 35.1 Å². The summed E-state index contributed by atoms with van der Waals surface area (Å²) in [5, 5.41) is 8.58. The number of carboxylic acid groups (broad SMARTS) is 1. The first-order valence-electron chi connectivity index (χ1n) is 4.37. The number of alkyl halides is 5. The summed E-state index contributed by atoms with van der Waals surface area (Å²) in [6, 6.07) is 0.463. The second kappa shape index (κ2) is 4.07. The minimum Gasteiger partial charge on any atom is -0.477 e. The van der Waals surface area contributed by atoms with Crippen LogP contribution in [0.1, 0.15) is 20.8 Å². The quantitative estimate of drug-likeness (QED) is 0.676. The first-order valence-corrected chi connectivity index (χ1v) is 4.37. The molecular weight excluding hydrogens is 265 g/mol. The smallest absolute Gasteiger partial charge is 0.461 e. The van der Waals surface area contributed by atoms with Crippen LogP contribution in [0.15, 0.2) is 12.3 Å². The van der Waals surface area contributed by atoms with E-state index in [2.05, 4.69) is 0 Å². The van der Waals surface area contributed by atoms with Crippen LogP contribution in [0.3, 0.4) is 0 Å². The Labute approximate surface area is 96.6 Å². The number of halogens is 5. The normalized spacial score (nSPS) is 12.6. The zero-order chi connectivity index (χ0) is 14.3. The molecule has 0 saturated heterocycles. The zero-order valence-corrected chi connectivity index (χ0v) is 8.76. The van der Waals surface area contributed by atoms with Gasteiger partial charge in [0.2, 0.25) is 5.78 Å². The van der Waals surface area contributed by atoms with Gasteiger partial charge in [-0.05, 0) is 6.07 Å². The molecule has 0 atom stereocenters. The lowest BCUT2D eigenvalue weighted by molar-refractivity contribution is -0.255. The fourth-order valence-corrected chi connectivity index (χ4v) is 1.21. The van der Waals surface area contributed by atoms with E-state index in [0.29, 0.717) is 12.3 Å². The minimum atomic E-state index is -6.02. The highest BCUT2D eigenvalue weighted by Gasteiger charge is 2.63. The Morgan fingerprint density at radius 3 is 2.06 bits per heavy atom. The molecule has 0 radical (unpaired) electrons.